The normalized spacial score (nSPS) is 28.0. The molecule has 2 aromatic heterocycles. The van der Waals surface area contributed by atoms with Gasteiger partial charge < -0.3 is 15.6 Å². The van der Waals surface area contributed by atoms with Gasteiger partial charge in [-0.25, -0.2) is 15.0 Å². The third-order valence-corrected chi connectivity index (χ3v) is 3.44. The van der Waals surface area contributed by atoms with Crippen LogP contribution in [0.1, 0.15) is 12.6 Å². The first-order valence-corrected chi connectivity index (χ1v) is 6.21. The fraction of sp³-hybridized carbons (Fsp3) is 0.500. The van der Waals surface area contributed by atoms with Crippen LogP contribution in [0.25, 0.3) is 11.2 Å². The van der Waals surface area contributed by atoms with Gasteiger partial charge in [0.15, 0.2) is 11.5 Å². The summed E-state index contributed by atoms with van der Waals surface area (Å²) in [5.74, 6) is 0.810. The van der Waals surface area contributed by atoms with Crippen molar-refractivity contribution in [3.63, 3.8) is 0 Å². The SMILES string of the molecule is Nc1ncnc2c1ncn2[C@H]1C[C@H](O)[C@@H](CS)O1. The minimum atomic E-state index is -0.524. The molecule has 18 heavy (non-hydrogen) atoms. The molecule has 0 radical (unpaired) electrons. The van der Waals surface area contributed by atoms with Crippen molar-refractivity contribution in [1.82, 2.24) is 19.5 Å². The summed E-state index contributed by atoms with van der Waals surface area (Å²) in [5, 5.41) is 9.82. The smallest absolute Gasteiger partial charge is 0.167 e. The monoisotopic (exact) mass is 267 g/mol. The predicted octanol–water partition coefficient (Wildman–Crippen LogP) is -0.0133. The Bertz CT molecular complexity index is 574. The number of rotatable bonds is 2. The number of hydrogen-bond donors (Lipinski definition) is 3. The number of nitrogen functional groups attached to an aromatic ring is 1. The van der Waals surface area contributed by atoms with E-state index in [2.05, 4.69) is 27.6 Å². The van der Waals surface area contributed by atoms with Crippen LogP contribution in [0, 0.1) is 0 Å². The largest absolute Gasteiger partial charge is 0.390 e. The fourth-order valence-electron chi connectivity index (χ4n) is 2.13. The van der Waals surface area contributed by atoms with Crippen LogP contribution in [-0.2, 0) is 4.74 Å². The second-order valence-electron chi connectivity index (χ2n) is 4.20. The number of imidazole rings is 1. The molecule has 0 bridgehead atoms. The highest BCUT2D eigenvalue weighted by atomic mass is 32.1. The van der Waals surface area contributed by atoms with Gasteiger partial charge in [-0.1, -0.05) is 0 Å². The molecule has 0 aliphatic carbocycles. The van der Waals surface area contributed by atoms with Gasteiger partial charge in [0.1, 0.15) is 18.1 Å². The molecule has 3 rings (SSSR count). The topological polar surface area (TPSA) is 99.1 Å². The van der Waals surface area contributed by atoms with Gasteiger partial charge in [-0.2, -0.15) is 12.6 Å². The van der Waals surface area contributed by atoms with Gasteiger partial charge in [-0.15, -0.1) is 0 Å². The number of thiol groups is 1. The molecule has 3 N–H and O–H groups in total. The molecule has 1 fully saturated rings. The molecular formula is C10H13N5O2S. The number of nitrogens with zero attached hydrogens (tertiary/aromatic N) is 4. The summed E-state index contributed by atoms with van der Waals surface area (Å²) in [4.78, 5) is 12.2. The number of aliphatic hydroxyl groups is 1. The van der Waals surface area contributed by atoms with E-state index in [1.807, 2.05) is 0 Å². The van der Waals surface area contributed by atoms with Crippen molar-refractivity contribution < 1.29 is 9.84 Å². The molecule has 1 saturated heterocycles. The molecule has 2 aromatic rings. The first kappa shape index (κ1) is 11.7. The highest BCUT2D eigenvalue weighted by Gasteiger charge is 2.34. The zero-order chi connectivity index (χ0) is 12.7. The molecule has 0 saturated carbocycles. The Morgan fingerprint density at radius 3 is 3.06 bits per heavy atom. The molecule has 0 unspecified atom stereocenters. The van der Waals surface area contributed by atoms with E-state index >= 15 is 0 Å². The summed E-state index contributed by atoms with van der Waals surface area (Å²) in [5.41, 5.74) is 6.88. The van der Waals surface area contributed by atoms with Crippen molar-refractivity contribution in [2.24, 2.45) is 0 Å². The lowest BCUT2D eigenvalue weighted by Crippen LogP contribution is -2.22. The van der Waals surface area contributed by atoms with Crippen molar-refractivity contribution in [3.8, 4) is 0 Å². The van der Waals surface area contributed by atoms with Gasteiger partial charge in [-0.05, 0) is 0 Å². The molecule has 0 spiro atoms. The average Bonchev–Trinajstić information content (AvgIpc) is 2.93. The first-order chi connectivity index (χ1) is 8.70. The Kier molecular flexibility index (Phi) is 2.84. The second kappa shape index (κ2) is 4.38. The highest BCUT2D eigenvalue weighted by Crippen LogP contribution is 2.31. The van der Waals surface area contributed by atoms with E-state index in [1.165, 1.54) is 6.33 Å². The van der Waals surface area contributed by atoms with E-state index in [4.69, 9.17) is 10.5 Å². The van der Waals surface area contributed by atoms with Crippen LogP contribution in [0.3, 0.4) is 0 Å². The standard InChI is InChI=1S/C10H13N5O2S/c11-9-8-10(13-3-12-9)15(4-14-8)7-1-5(16)6(2-18)17-7/h3-7,16,18H,1-2H2,(H2,11,12,13)/t5-,6+,7+/m0/s1. The van der Waals surface area contributed by atoms with Gasteiger partial charge in [0.05, 0.1) is 18.5 Å². The molecule has 3 atom stereocenters. The number of anilines is 1. The lowest BCUT2D eigenvalue weighted by Gasteiger charge is -2.13. The third kappa shape index (κ3) is 1.73. The number of aromatic nitrogens is 4. The van der Waals surface area contributed by atoms with Gasteiger partial charge >= 0.3 is 0 Å². The van der Waals surface area contributed by atoms with Crippen LogP contribution < -0.4 is 5.73 Å². The predicted molar refractivity (Wildman–Crippen MR) is 68.1 cm³/mol. The molecule has 1 aliphatic rings. The first-order valence-electron chi connectivity index (χ1n) is 5.58. The van der Waals surface area contributed by atoms with E-state index in [1.54, 1.807) is 10.9 Å². The van der Waals surface area contributed by atoms with Crippen LogP contribution in [0.2, 0.25) is 0 Å². The maximum atomic E-state index is 9.82. The third-order valence-electron chi connectivity index (χ3n) is 3.08. The summed E-state index contributed by atoms with van der Waals surface area (Å²) in [6.07, 6.45) is 2.39. The summed E-state index contributed by atoms with van der Waals surface area (Å²) < 4.78 is 7.47. The lowest BCUT2D eigenvalue weighted by molar-refractivity contribution is -0.00353. The Morgan fingerprint density at radius 2 is 2.33 bits per heavy atom. The van der Waals surface area contributed by atoms with Gasteiger partial charge in [0.2, 0.25) is 0 Å². The van der Waals surface area contributed by atoms with Gasteiger partial charge in [-0.3, -0.25) is 4.57 Å². The Labute approximate surface area is 108 Å². The van der Waals surface area contributed by atoms with E-state index in [0.717, 1.165) is 0 Å². The molecule has 7 nitrogen and oxygen atoms in total. The number of nitrogens with two attached hydrogens (primary N) is 1. The summed E-state index contributed by atoms with van der Waals surface area (Å²) in [7, 11) is 0. The zero-order valence-electron chi connectivity index (χ0n) is 9.47. The van der Waals surface area contributed by atoms with Crippen LogP contribution >= 0.6 is 12.6 Å². The fourth-order valence-corrected chi connectivity index (χ4v) is 2.46. The molecule has 1 aliphatic heterocycles. The molecule has 3 heterocycles. The Balaban J connectivity index is 1.99. The minimum absolute atomic E-state index is 0.269. The number of ether oxygens (including phenoxy) is 1. The number of aliphatic hydroxyl groups excluding tert-OH is 1. The molecule has 8 heteroatoms. The van der Waals surface area contributed by atoms with E-state index in [-0.39, 0.29) is 12.3 Å². The van der Waals surface area contributed by atoms with E-state index in [9.17, 15) is 5.11 Å². The summed E-state index contributed by atoms with van der Waals surface area (Å²) >= 11 is 4.15. The van der Waals surface area contributed by atoms with Crippen molar-refractivity contribution in [2.75, 3.05) is 11.5 Å². The Morgan fingerprint density at radius 1 is 1.50 bits per heavy atom. The summed E-state index contributed by atoms with van der Waals surface area (Å²) in [6, 6.07) is 0. The van der Waals surface area contributed by atoms with Crippen LogP contribution in [0.5, 0.6) is 0 Å². The molecule has 96 valence electrons. The van der Waals surface area contributed by atoms with Gasteiger partial charge in [0.25, 0.3) is 0 Å². The average molecular weight is 267 g/mol. The lowest BCUT2D eigenvalue weighted by atomic mass is 10.2. The minimum Gasteiger partial charge on any atom is -0.390 e. The van der Waals surface area contributed by atoms with Gasteiger partial charge in [0, 0.05) is 12.2 Å². The Hall–Kier alpha value is -1.38. The zero-order valence-corrected chi connectivity index (χ0v) is 10.4. The quantitative estimate of drug-likeness (QED) is 0.662. The van der Waals surface area contributed by atoms with Crippen molar-refractivity contribution in [1.29, 1.82) is 0 Å². The van der Waals surface area contributed by atoms with Crippen molar-refractivity contribution >= 4 is 29.6 Å². The van der Waals surface area contributed by atoms with Crippen LogP contribution in [0.15, 0.2) is 12.7 Å². The van der Waals surface area contributed by atoms with Crippen LogP contribution in [-0.4, -0.2) is 42.6 Å². The summed E-state index contributed by atoms with van der Waals surface area (Å²) in [6.45, 7) is 0. The van der Waals surface area contributed by atoms with E-state index < -0.39 is 6.10 Å². The van der Waals surface area contributed by atoms with Crippen molar-refractivity contribution in [2.45, 2.75) is 24.9 Å². The molecule has 0 amide bonds. The number of fused-ring (bicyclic) bond motifs is 1. The van der Waals surface area contributed by atoms with E-state index in [0.29, 0.717) is 29.2 Å². The second-order valence-corrected chi connectivity index (χ2v) is 4.56. The number of hydrogen-bond acceptors (Lipinski definition) is 7. The maximum Gasteiger partial charge on any atom is 0.167 e. The van der Waals surface area contributed by atoms with Crippen molar-refractivity contribution in [3.05, 3.63) is 12.7 Å². The van der Waals surface area contributed by atoms with Crippen LogP contribution in [0.4, 0.5) is 5.82 Å². The maximum absolute atomic E-state index is 9.82. The highest BCUT2D eigenvalue weighted by molar-refractivity contribution is 7.80. The molecular weight excluding hydrogens is 254 g/mol. The molecule has 0 aromatic carbocycles.